The third-order valence-electron chi connectivity index (χ3n) is 0. The molecule has 0 aromatic carbocycles. The van der Waals surface area contributed by atoms with Crippen molar-refractivity contribution in [3.63, 3.8) is 0 Å². The maximum absolute atomic E-state index is 0. The molecule has 34 valence electrons. The SMILES string of the molecule is [Cl-].[Cu+].[NH4+].[NH4+]. The second-order valence-corrected chi connectivity index (χ2v) is 0. The summed E-state index contributed by atoms with van der Waals surface area (Å²) >= 11 is 0. The minimum absolute atomic E-state index is 0. The van der Waals surface area contributed by atoms with Crippen molar-refractivity contribution in [1.29, 1.82) is 0 Å². The molecule has 8 N–H and O–H groups in total. The Kier molecular flexibility index (Phi) is 1610. The first-order valence-corrected chi connectivity index (χ1v) is 0. The summed E-state index contributed by atoms with van der Waals surface area (Å²) in [4.78, 5) is 0. The molecule has 0 bridgehead atoms. The van der Waals surface area contributed by atoms with Gasteiger partial charge in [-0.3, -0.25) is 0 Å². The molecule has 0 aromatic heterocycles. The summed E-state index contributed by atoms with van der Waals surface area (Å²) in [6.45, 7) is 0. The normalized spacial score (nSPS) is 0. The molecule has 0 heterocycles. The van der Waals surface area contributed by atoms with Crippen molar-refractivity contribution in [3.05, 3.63) is 0 Å². The van der Waals surface area contributed by atoms with Gasteiger partial charge in [0.25, 0.3) is 0 Å². The molecule has 0 spiro atoms. The Morgan fingerprint density at radius 2 is 0.750 bits per heavy atom. The summed E-state index contributed by atoms with van der Waals surface area (Å²) in [6.07, 6.45) is 0. The molecule has 0 aromatic rings. The molecule has 4 heavy (non-hydrogen) atoms. The Labute approximate surface area is 42.4 Å². The van der Waals surface area contributed by atoms with Crippen LogP contribution < -0.4 is 24.7 Å². The van der Waals surface area contributed by atoms with Crippen molar-refractivity contribution in [2.45, 2.75) is 0 Å². The van der Waals surface area contributed by atoms with Crippen LogP contribution in [0.25, 0.3) is 0 Å². The second-order valence-electron chi connectivity index (χ2n) is 0. The predicted molar refractivity (Wildman–Crippen MR) is 12.0 cm³/mol. The van der Waals surface area contributed by atoms with E-state index in [1.54, 1.807) is 0 Å². The maximum Gasteiger partial charge on any atom is 1.00 e. The van der Waals surface area contributed by atoms with Gasteiger partial charge >= 0.3 is 17.1 Å². The van der Waals surface area contributed by atoms with Gasteiger partial charge in [0.05, 0.1) is 0 Å². The fourth-order valence-corrected chi connectivity index (χ4v) is 0. The van der Waals surface area contributed by atoms with E-state index in [-0.39, 0.29) is 41.8 Å². The van der Waals surface area contributed by atoms with Crippen LogP contribution in [0.2, 0.25) is 0 Å². The van der Waals surface area contributed by atoms with Gasteiger partial charge in [-0.05, 0) is 0 Å². The summed E-state index contributed by atoms with van der Waals surface area (Å²) < 4.78 is 0. The van der Waals surface area contributed by atoms with Gasteiger partial charge in [-0.15, -0.1) is 0 Å². The van der Waals surface area contributed by atoms with Crippen LogP contribution in [-0.4, -0.2) is 0 Å². The van der Waals surface area contributed by atoms with Crippen LogP contribution in [0.3, 0.4) is 0 Å². The molecule has 0 radical (unpaired) electrons. The van der Waals surface area contributed by atoms with E-state index in [0.717, 1.165) is 0 Å². The average Bonchev–Trinajstić information content (AvgIpc) is 0. The Balaban J connectivity index is 0. The number of quaternary nitrogens is 2. The fraction of sp³-hybridized carbons (Fsp3) is 0. The topological polar surface area (TPSA) is 73.0 Å². The fourth-order valence-electron chi connectivity index (χ4n) is 0. The van der Waals surface area contributed by atoms with Gasteiger partial charge < -0.3 is 24.7 Å². The van der Waals surface area contributed by atoms with Crippen LogP contribution in [0.5, 0.6) is 0 Å². The van der Waals surface area contributed by atoms with Crippen LogP contribution in [0.15, 0.2) is 0 Å². The standard InChI is InChI=1S/ClH.Cu.2H3N/h1H;;2*1H3/q;+1;;/p+1. The van der Waals surface area contributed by atoms with Gasteiger partial charge in [-0.25, -0.2) is 0 Å². The van der Waals surface area contributed by atoms with Crippen molar-refractivity contribution in [2.75, 3.05) is 0 Å². The minimum atomic E-state index is 0. The van der Waals surface area contributed by atoms with Gasteiger partial charge in [-0.2, -0.15) is 0 Å². The van der Waals surface area contributed by atoms with Crippen LogP contribution in [0.4, 0.5) is 0 Å². The smallest absolute Gasteiger partial charge is 1.00 e. The van der Waals surface area contributed by atoms with E-state index in [1.165, 1.54) is 0 Å². The van der Waals surface area contributed by atoms with E-state index < -0.39 is 0 Å². The molecule has 4 heteroatoms. The molecule has 0 aliphatic heterocycles. The monoisotopic (exact) mass is 134 g/mol. The summed E-state index contributed by atoms with van der Waals surface area (Å²) in [6, 6.07) is 0. The molecule has 0 rings (SSSR count). The first-order chi connectivity index (χ1) is 0. The van der Waals surface area contributed by atoms with Crippen LogP contribution >= 0.6 is 0 Å². The van der Waals surface area contributed by atoms with Crippen molar-refractivity contribution >= 4 is 0 Å². The molecular formula is H8ClCuN2+2. The minimum Gasteiger partial charge on any atom is -1.00 e. The molecule has 2 nitrogen and oxygen atoms in total. The third-order valence-corrected chi connectivity index (χ3v) is 0. The van der Waals surface area contributed by atoms with Gasteiger partial charge in [0.15, 0.2) is 0 Å². The Morgan fingerprint density at radius 1 is 0.750 bits per heavy atom. The predicted octanol–water partition coefficient (Wildman–Crippen LogP) is -2.25. The number of hydrogen-bond acceptors (Lipinski definition) is 0. The summed E-state index contributed by atoms with van der Waals surface area (Å²) in [5.74, 6) is 0. The Hall–Kier alpha value is 0.729. The van der Waals surface area contributed by atoms with Crippen molar-refractivity contribution < 1.29 is 29.5 Å². The summed E-state index contributed by atoms with van der Waals surface area (Å²) in [7, 11) is 0. The zero-order valence-corrected chi connectivity index (χ0v) is 4.38. The Morgan fingerprint density at radius 3 is 0.750 bits per heavy atom. The number of halogens is 1. The van der Waals surface area contributed by atoms with E-state index in [0.29, 0.717) is 0 Å². The molecule has 0 aliphatic rings. The number of rotatable bonds is 0. The van der Waals surface area contributed by atoms with E-state index in [2.05, 4.69) is 0 Å². The van der Waals surface area contributed by atoms with Crippen LogP contribution in [0.1, 0.15) is 0 Å². The first-order valence-electron chi connectivity index (χ1n) is 0. The molecule has 0 aliphatic carbocycles. The summed E-state index contributed by atoms with van der Waals surface area (Å²) in [5, 5.41) is 0. The number of hydrogen-bond donors (Lipinski definition) is 2. The molecule has 0 atom stereocenters. The first kappa shape index (κ1) is 124. The molecule has 0 saturated heterocycles. The van der Waals surface area contributed by atoms with Crippen LogP contribution in [0, 0.1) is 0 Å². The maximum atomic E-state index is 0. The van der Waals surface area contributed by atoms with E-state index >= 15 is 0 Å². The third kappa shape index (κ3) is 15.3. The van der Waals surface area contributed by atoms with Gasteiger partial charge in [0.2, 0.25) is 0 Å². The second kappa shape index (κ2) is 52.2. The van der Waals surface area contributed by atoms with Gasteiger partial charge in [0, 0.05) is 0 Å². The largest absolute Gasteiger partial charge is 1.00 e. The molecule has 0 amide bonds. The zero-order valence-electron chi connectivity index (χ0n) is 2.68. The quantitative estimate of drug-likeness (QED) is 0.352. The molecule has 0 unspecified atom stereocenters. The Bertz CT molecular complexity index is 6.00. The van der Waals surface area contributed by atoms with Gasteiger partial charge in [-0.1, -0.05) is 0 Å². The van der Waals surface area contributed by atoms with Crippen LogP contribution in [-0.2, 0) is 17.1 Å². The zero-order chi connectivity index (χ0) is 0. The van der Waals surface area contributed by atoms with Crippen molar-refractivity contribution in [1.82, 2.24) is 12.3 Å². The molecule has 0 saturated carbocycles. The van der Waals surface area contributed by atoms with Crippen molar-refractivity contribution in [2.24, 2.45) is 0 Å². The van der Waals surface area contributed by atoms with E-state index in [4.69, 9.17) is 0 Å². The summed E-state index contributed by atoms with van der Waals surface area (Å²) in [5.41, 5.74) is 0. The van der Waals surface area contributed by atoms with E-state index in [1.807, 2.05) is 0 Å². The molecular weight excluding hydrogens is 127 g/mol. The molecule has 0 fully saturated rings. The van der Waals surface area contributed by atoms with Gasteiger partial charge in [0.1, 0.15) is 0 Å². The average molecular weight is 135 g/mol. The van der Waals surface area contributed by atoms with E-state index in [9.17, 15) is 0 Å². The van der Waals surface area contributed by atoms with Crippen molar-refractivity contribution in [3.8, 4) is 0 Å².